The molecule has 3 heteroatoms. The number of benzene rings is 2. The highest BCUT2D eigenvalue weighted by molar-refractivity contribution is 5.83. The quantitative estimate of drug-likeness (QED) is 0.772. The summed E-state index contributed by atoms with van der Waals surface area (Å²) in [4.78, 5) is 14.0. The van der Waals surface area contributed by atoms with Gasteiger partial charge in [0.1, 0.15) is 5.60 Å². The molecule has 3 rings (SSSR count). The van der Waals surface area contributed by atoms with E-state index in [0.29, 0.717) is 5.92 Å². The van der Waals surface area contributed by atoms with Crippen LogP contribution in [-0.4, -0.2) is 29.7 Å². The van der Waals surface area contributed by atoms with Crippen molar-refractivity contribution >= 4 is 16.9 Å². The molecule has 0 bridgehead atoms. The first kappa shape index (κ1) is 14.9. The van der Waals surface area contributed by atoms with Crippen molar-refractivity contribution in [1.29, 1.82) is 0 Å². The number of carbonyl (C=O) groups is 1. The van der Waals surface area contributed by atoms with E-state index >= 15 is 0 Å². The van der Waals surface area contributed by atoms with Crippen LogP contribution in [0.5, 0.6) is 0 Å². The number of fused-ring (bicyclic) bond motifs is 1. The SMILES string of the molecule is CC(C)(C)OC(=O)N1CCC(c2ccc3ccccc3c2)C1. The fraction of sp³-hybridized carbons (Fsp3) is 0.421. The molecule has 2 aromatic rings. The topological polar surface area (TPSA) is 29.5 Å². The van der Waals surface area contributed by atoms with Gasteiger partial charge in [0, 0.05) is 19.0 Å². The number of nitrogens with zero attached hydrogens (tertiary/aromatic N) is 1. The van der Waals surface area contributed by atoms with E-state index in [1.807, 2.05) is 25.7 Å². The zero-order valence-corrected chi connectivity index (χ0v) is 13.5. The van der Waals surface area contributed by atoms with E-state index in [4.69, 9.17) is 4.74 Å². The smallest absolute Gasteiger partial charge is 0.410 e. The van der Waals surface area contributed by atoms with Gasteiger partial charge in [-0.3, -0.25) is 0 Å². The molecule has 1 fully saturated rings. The summed E-state index contributed by atoms with van der Waals surface area (Å²) in [7, 11) is 0. The average Bonchev–Trinajstić information content (AvgIpc) is 2.95. The highest BCUT2D eigenvalue weighted by Crippen LogP contribution is 2.30. The number of carbonyl (C=O) groups excluding carboxylic acids is 1. The minimum Gasteiger partial charge on any atom is -0.444 e. The lowest BCUT2D eigenvalue weighted by atomic mass is 9.96. The second kappa shape index (κ2) is 5.64. The van der Waals surface area contributed by atoms with E-state index in [2.05, 4.69) is 42.5 Å². The van der Waals surface area contributed by atoms with Crippen LogP contribution in [-0.2, 0) is 4.74 Å². The predicted octanol–water partition coefficient (Wildman–Crippen LogP) is 4.56. The summed E-state index contributed by atoms with van der Waals surface area (Å²) in [6, 6.07) is 15.0. The second-order valence-corrected chi connectivity index (χ2v) is 7.02. The molecule has 0 spiro atoms. The molecule has 1 saturated heterocycles. The second-order valence-electron chi connectivity index (χ2n) is 7.02. The van der Waals surface area contributed by atoms with Crippen LogP contribution in [0, 0.1) is 0 Å². The summed E-state index contributed by atoms with van der Waals surface area (Å²) in [6.07, 6.45) is 0.799. The summed E-state index contributed by atoms with van der Waals surface area (Å²) in [5, 5.41) is 2.52. The fourth-order valence-corrected chi connectivity index (χ4v) is 2.99. The number of hydrogen-bond donors (Lipinski definition) is 0. The summed E-state index contributed by atoms with van der Waals surface area (Å²) in [5.41, 5.74) is 0.878. The zero-order chi connectivity index (χ0) is 15.7. The molecule has 1 heterocycles. The Morgan fingerprint density at radius 2 is 1.86 bits per heavy atom. The maximum Gasteiger partial charge on any atom is 0.410 e. The molecule has 1 aliphatic heterocycles. The third-order valence-corrected chi connectivity index (χ3v) is 4.08. The van der Waals surface area contributed by atoms with Crippen molar-refractivity contribution in [1.82, 2.24) is 4.90 Å². The van der Waals surface area contributed by atoms with Crippen LogP contribution >= 0.6 is 0 Å². The molecule has 2 aromatic carbocycles. The lowest BCUT2D eigenvalue weighted by Gasteiger charge is -2.24. The van der Waals surface area contributed by atoms with Crippen molar-refractivity contribution < 1.29 is 9.53 Å². The Hall–Kier alpha value is -2.03. The molecular weight excluding hydrogens is 274 g/mol. The molecule has 0 aliphatic carbocycles. The first-order chi connectivity index (χ1) is 10.4. The van der Waals surface area contributed by atoms with E-state index in [1.54, 1.807) is 0 Å². The van der Waals surface area contributed by atoms with Crippen molar-refractivity contribution in [2.24, 2.45) is 0 Å². The molecule has 0 radical (unpaired) electrons. The van der Waals surface area contributed by atoms with Crippen LogP contribution in [0.2, 0.25) is 0 Å². The third-order valence-electron chi connectivity index (χ3n) is 4.08. The van der Waals surface area contributed by atoms with Gasteiger partial charge in [-0.2, -0.15) is 0 Å². The minimum absolute atomic E-state index is 0.198. The summed E-state index contributed by atoms with van der Waals surface area (Å²) in [6.45, 7) is 7.23. The molecule has 1 atom stereocenters. The number of amides is 1. The van der Waals surface area contributed by atoms with Gasteiger partial charge in [-0.1, -0.05) is 42.5 Å². The monoisotopic (exact) mass is 297 g/mol. The summed E-state index contributed by atoms with van der Waals surface area (Å²) < 4.78 is 5.46. The van der Waals surface area contributed by atoms with Crippen LogP contribution in [0.25, 0.3) is 10.8 Å². The summed E-state index contributed by atoms with van der Waals surface area (Å²) in [5.74, 6) is 0.400. The Morgan fingerprint density at radius 1 is 1.14 bits per heavy atom. The van der Waals surface area contributed by atoms with Gasteiger partial charge in [-0.05, 0) is 43.5 Å². The Kier molecular flexibility index (Phi) is 3.81. The molecule has 3 nitrogen and oxygen atoms in total. The molecule has 22 heavy (non-hydrogen) atoms. The van der Waals surface area contributed by atoms with E-state index < -0.39 is 5.60 Å². The van der Waals surface area contributed by atoms with Crippen LogP contribution in [0.4, 0.5) is 4.79 Å². The lowest BCUT2D eigenvalue weighted by Crippen LogP contribution is -2.35. The van der Waals surface area contributed by atoms with Gasteiger partial charge in [-0.15, -0.1) is 0 Å². The van der Waals surface area contributed by atoms with Gasteiger partial charge in [0.05, 0.1) is 0 Å². The van der Waals surface area contributed by atoms with Crippen molar-refractivity contribution in [3.63, 3.8) is 0 Å². The fourth-order valence-electron chi connectivity index (χ4n) is 2.99. The first-order valence-corrected chi connectivity index (χ1v) is 7.89. The van der Waals surface area contributed by atoms with Crippen LogP contribution in [0.15, 0.2) is 42.5 Å². The number of hydrogen-bond acceptors (Lipinski definition) is 2. The first-order valence-electron chi connectivity index (χ1n) is 7.89. The molecule has 0 aromatic heterocycles. The zero-order valence-electron chi connectivity index (χ0n) is 13.5. The lowest BCUT2D eigenvalue weighted by molar-refractivity contribution is 0.0292. The largest absolute Gasteiger partial charge is 0.444 e. The van der Waals surface area contributed by atoms with E-state index in [9.17, 15) is 4.79 Å². The standard InChI is InChI=1S/C19H23NO2/c1-19(2,3)22-18(21)20-11-10-17(13-20)16-9-8-14-6-4-5-7-15(14)12-16/h4-9,12,17H,10-11,13H2,1-3H3. The Balaban J connectivity index is 1.72. The summed E-state index contributed by atoms with van der Waals surface area (Å²) >= 11 is 0. The molecule has 1 amide bonds. The highest BCUT2D eigenvalue weighted by Gasteiger charge is 2.30. The van der Waals surface area contributed by atoms with E-state index in [-0.39, 0.29) is 6.09 Å². The van der Waals surface area contributed by atoms with Gasteiger partial charge in [0.15, 0.2) is 0 Å². The molecule has 0 N–H and O–H groups in total. The number of rotatable bonds is 1. The number of likely N-dealkylation sites (tertiary alicyclic amines) is 1. The Labute approximate surface area is 131 Å². The van der Waals surface area contributed by atoms with Crippen LogP contribution in [0.1, 0.15) is 38.7 Å². The maximum absolute atomic E-state index is 12.2. The van der Waals surface area contributed by atoms with E-state index in [0.717, 1.165) is 19.5 Å². The molecule has 1 aliphatic rings. The van der Waals surface area contributed by atoms with Crippen LogP contribution in [0.3, 0.4) is 0 Å². The van der Waals surface area contributed by atoms with Crippen molar-refractivity contribution in [3.05, 3.63) is 48.0 Å². The van der Waals surface area contributed by atoms with Gasteiger partial charge in [-0.25, -0.2) is 4.79 Å². The van der Waals surface area contributed by atoms with E-state index in [1.165, 1.54) is 16.3 Å². The Bertz CT molecular complexity index is 687. The third kappa shape index (κ3) is 3.24. The van der Waals surface area contributed by atoms with Gasteiger partial charge < -0.3 is 9.64 Å². The Morgan fingerprint density at radius 3 is 2.59 bits per heavy atom. The van der Waals surface area contributed by atoms with Crippen LogP contribution < -0.4 is 0 Å². The molecule has 0 saturated carbocycles. The van der Waals surface area contributed by atoms with Crippen molar-refractivity contribution in [2.75, 3.05) is 13.1 Å². The average molecular weight is 297 g/mol. The van der Waals surface area contributed by atoms with Gasteiger partial charge >= 0.3 is 6.09 Å². The van der Waals surface area contributed by atoms with Crippen molar-refractivity contribution in [2.45, 2.75) is 38.7 Å². The molecule has 116 valence electrons. The molecule has 1 unspecified atom stereocenters. The predicted molar refractivity (Wildman–Crippen MR) is 89.1 cm³/mol. The van der Waals surface area contributed by atoms with Crippen molar-refractivity contribution in [3.8, 4) is 0 Å². The van der Waals surface area contributed by atoms with Gasteiger partial charge in [0.25, 0.3) is 0 Å². The minimum atomic E-state index is -0.432. The molecular formula is C19H23NO2. The highest BCUT2D eigenvalue weighted by atomic mass is 16.6. The maximum atomic E-state index is 12.2. The van der Waals surface area contributed by atoms with Gasteiger partial charge in [0.2, 0.25) is 0 Å². The number of ether oxygens (including phenoxy) is 1. The normalized spacial score (nSPS) is 18.7.